The Labute approximate surface area is 168 Å². The number of hydrogen-bond acceptors (Lipinski definition) is 4. The van der Waals surface area contributed by atoms with Gasteiger partial charge in [-0.1, -0.05) is 13.0 Å². The Hall–Kier alpha value is -2.48. The van der Waals surface area contributed by atoms with Gasteiger partial charge >= 0.3 is 0 Å². The molecule has 29 heavy (non-hydrogen) atoms. The lowest BCUT2D eigenvalue weighted by Crippen LogP contribution is -2.39. The minimum atomic E-state index is -1.05. The predicted octanol–water partition coefficient (Wildman–Crippen LogP) is 2.89. The Morgan fingerprint density at radius 3 is 2.76 bits per heavy atom. The van der Waals surface area contributed by atoms with Gasteiger partial charge in [-0.3, -0.25) is 9.48 Å². The number of hydrogen-bond donors (Lipinski definition) is 1. The molecule has 8 heteroatoms. The number of carbonyl (C=O) groups excluding carboxylic acids is 1. The standard InChI is InChI=1S/C21H25F2N3O3/c1-10-11(2)29-20(17(10)13-5-6-15(22)18(23)19(13)28-4)21(27)25-16-7-14(16)12-8-24-26(3)9-12/h5-6,8-11,14,16-17,20H,7H2,1-4H3,(H,25,27)/t10-,11-,14?,16?,17+,20-/m1/s1. The van der Waals surface area contributed by atoms with Gasteiger partial charge in [0, 0.05) is 36.7 Å². The van der Waals surface area contributed by atoms with Crippen molar-refractivity contribution in [2.24, 2.45) is 13.0 Å². The first kappa shape index (κ1) is 19.8. The first-order valence-electron chi connectivity index (χ1n) is 9.78. The van der Waals surface area contributed by atoms with Crippen molar-refractivity contribution < 1.29 is 23.0 Å². The SMILES string of the molecule is COc1c([C@@H]2[C@H](C)[C@@H](C)O[C@H]2C(=O)NC2CC2c2cnn(C)c2)ccc(F)c1F. The summed E-state index contributed by atoms with van der Waals surface area (Å²) in [6.07, 6.45) is 3.59. The molecule has 1 aliphatic carbocycles. The van der Waals surface area contributed by atoms with Gasteiger partial charge in [0.1, 0.15) is 6.10 Å². The van der Waals surface area contributed by atoms with Crippen molar-refractivity contribution in [1.82, 2.24) is 15.1 Å². The molecule has 1 aromatic heterocycles. The van der Waals surface area contributed by atoms with E-state index in [4.69, 9.17) is 9.47 Å². The zero-order valence-electron chi connectivity index (χ0n) is 16.9. The van der Waals surface area contributed by atoms with Crippen LogP contribution >= 0.6 is 0 Å². The van der Waals surface area contributed by atoms with Crippen molar-refractivity contribution >= 4 is 5.91 Å². The highest BCUT2D eigenvalue weighted by molar-refractivity contribution is 5.83. The smallest absolute Gasteiger partial charge is 0.250 e. The lowest BCUT2D eigenvalue weighted by Gasteiger charge is -2.23. The molecular formula is C21H25F2N3O3. The van der Waals surface area contributed by atoms with Gasteiger partial charge in [0.15, 0.2) is 11.6 Å². The molecule has 0 radical (unpaired) electrons. The van der Waals surface area contributed by atoms with Gasteiger partial charge in [-0.15, -0.1) is 0 Å². The highest BCUT2D eigenvalue weighted by Gasteiger charge is 2.48. The third kappa shape index (κ3) is 3.50. The minimum Gasteiger partial charge on any atom is -0.493 e. The number of halogens is 2. The fourth-order valence-corrected chi connectivity index (χ4v) is 4.32. The molecule has 6 atom stereocenters. The predicted molar refractivity (Wildman–Crippen MR) is 102 cm³/mol. The van der Waals surface area contributed by atoms with Gasteiger partial charge < -0.3 is 14.8 Å². The van der Waals surface area contributed by atoms with E-state index in [-0.39, 0.29) is 35.6 Å². The number of amides is 1. The molecule has 2 unspecified atom stereocenters. The second-order valence-electron chi connectivity index (χ2n) is 8.04. The van der Waals surface area contributed by atoms with E-state index in [0.29, 0.717) is 5.56 Å². The summed E-state index contributed by atoms with van der Waals surface area (Å²) in [6.45, 7) is 3.83. The van der Waals surface area contributed by atoms with E-state index in [9.17, 15) is 13.6 Å². The van der Waals surface area contributed by atoms with Crippen LogP contribution in [0.15, 0.2) is 24.5 Å². The maximum Gasteiger partial charge on any atom is 0.250 e. The summed E-state index contributed by atoms with van der Waals surface area (Å²) in [6, 6.07) is 2.57. The highest BCUT2D eigenvalue weighted by Crippen LogP contribution is 2.46. The van der Waals surface area contributed by atoms with Gasteiger partial charge in [-0.05, 0) is 30.9 Å². The summed E-state index contributed by atoms with van der Waals surface area (Å²) in [4.78, 5) is 13.0. The third-order valence-electron chi connectivity index (χ3n) is 6.17. The first-order chi connectivity index (χ1) is 13.8. The number of aryl methyl sites for hydroxylation is 1. The number of carbonyl (C=O) groups is 1. The molecule has 6 nitrogen and oxygen atoms in total. The molecule has 1 N–H and O–H groups in total. The molecule has 0 spiro atoms. The summed E-state index contributed by atoms with van der Waals surface area (Å²) >= 11 is 0. The normalized spacial score (nSPS) is 31.0. The largest absolute Gasteiger partial charge is 0.493 e. The average Bonchev–Trinajstić information content (AvgIpc) is 3.20. The van der Waals surface area contributed by atoms with Crippen LogP contribution in [-0.4, -0.2) is 41.0 Å². The number of nitrogens with one attached hydrogen (secondary N) is 1. The van der Waals surface area contributed by atoms with E-state index >= 15 is 0 Å². The second-order valence-corrected chi connectivity index (χ2v) is 8.04. The minimum absolute atomic E-state index is 0.0222. The van der Waals surface area contributed by atoms with Gasteiger partial charge in [0.05, 0.1) is 19.4 Å². The van der Waals surface area contributed by atoms with Crippen LogP contribution in [-0.2, 0) is 16.6 Å². The molecule has 1 aromatic carbocycles. The van der Waals surface area contributed by atoms with Crippen LogP contribution in [0.3, 0.4) is 0 Å². The van der Waals surface area contributed by atoms with Gasteiger partial charge in [0.25, 0.3) is 0 Å². The van der Waals surface area contributed by atoms with E-state index in [1.54, 1.807) is 4.68 Å². The molecule has 1 saturated carbocycles. The zero-order chi connectivity index (χ0) is 20.9. The van der Waals surface area contributed by atoms with Crippen molar-refractivity contribution in [3.05, 3.63) is 47.3 Å². The van der Waals surface area contributed by atoms with Crippen LogP contribution in [0.5, 0.6) is 5.75 Å². The Bertz CT molecular complexity index is 932. The fraction of sp³-hybridized carbons (Fsp3) is 0.524. The van der Waals surface area contributed by atoms with Crippen LogP contribution in [0.1, 0.15) is 43.2 Å². The maximum atomic E-state index is 14.3. The Morgan fingerprint density at radius 2 is 2.10 bits per heavy atom. The molecule has 0 bridgehead atoms. The molecule has 2 aromatic rings. The summed E-state index contributed by atoms with van der Waals surface area (Å²) in [5.41, 5.74) is 1.54. The van der Waals surface area contributed by atoms with E-state index in [1.165, 1.54) is 13.2 Å². The number of benzene rings is 1. The third-order valence-corrected chi connectivity index (χ3v) is 6.17. The van der Waals surface area contributed by atoms with Gasteiger partial charge in [-0.25, -0.2) is 4.39 Å². The molecule has 2 aliphatic rings. The number of nitrogens with zero attached hydrogens (tertiary/aromatic N) is 2. The summed E-state index contributed by atoms with van der Waals surface area (Å²) in [5.74, 6) is -2.71. The molecule has 4 rings (SSSR count). The molecule has 2 fully saturated rings. The summed E-state index contributed by atoms with van der Waals surface area (Å²) in [7, 11) is 3.15. The molecule has 2 heterocycles. The molecule has 1 amide bonds. The van der Waals surface area contributed by atoms with Crippen molar-refractivity contribution in [2.45, 2.75) is 50.4 Å². The van der Waals surface area contributed by atoms with Crippen molar-refractivity contribution in [2.75, 3.05) is 7.11 Å². The van der Waals surface area contributed by atoms with Crippen molar-refractivity contribution in [1.29, 1.82) is 0 Å². The topological polar surface area (TPSA) is 65.4 Å². The van der Waals surface area contributed by atoms with Crippen LogP contribution < -0.4 is 10.1 Å². The van der Waals surface area contributed by atoms with E-state index in [2.05, 4.69) is 10.4 Å². The molecule has 1 saturated heterocycles. The van der Waals surface area contributed by atoms with Crippen LogP contribution in [0.25, 0.3) is 0 Å². The van der Waals surface area contributed by atoms with E-state index in [1.807, 2.05) is 33.3 Å². The van der Waals surface area contributed by atoms with E-state index < -0.39 is 23.7 Å². The molecule has 1 aliphatic heterocycles. The fourth-order valence-electron chi connectivity index (χ4n) is 4.32. The Morgan fingerprint density at radius 1 is 1.34 bits per heavy atom. The van der Waals surface area contributed by atoms with Gasteiger partial charge in [0.2, 0.25) is 11.7 Å². The Balaban J connectivity index is 1.55. The zero-order valence-corrected chi connectivity index (χ0v) is 16.9. The highest BCUT2D eigenvalue weighted by atomic mass is 19.2. The molecule has 156 valence electrons. The number of rotatable bonds is 5. The number of methoxy groups -OCH3 is 1. The lowest BCUT2D eigenvalue weighted by atomic mass is 9.82. The van der Waals surface area contributed by atoms with Crippen LogP contribution in [0.4, 0.5) is 8.78 Å². The average molecular weight is 405 g/mol. The number of aromatic nitrogens is 2. The molecular weight excluding hydrogens is 380 g/mol. The van der Waals surface area contributed by atoms with Crippen LogP contribution in [0, 0.1) is 17.6 Å². The van der Waals surface area contributed by atoms with Gasteiger partial charge in [-0.2, -0.15) is 9.49 Å². The number of ether oxygens (including phenoxy) is 2. The lowest BCUT2D eigenvalue weighted by molar-refractivity contribution is -0.132. The second kappa shape index (κ2) is 7.40. The maximum absolute atomic E-state index is 14.3. The van der Waals surface area contributed by atoms with Crippen LogP contribution in [0.2, 0.25) is 0 Å². The van der Waals surface area contributed by atoms with E-state index in [0.717, 1.165) is 18.1 Å². The summed E-state index contributed by atoms with van der Waals surface area (Å²) in [5, 5.41) is 7.22. The van der Waals surface area contributed by atoms with Crippen molar-refractivity contribution in [3.8, 4) is 5.75 Å². The Kier molecular flexibility index (Phi) is 5.06. The van der Waals surface area contributed by atoms with Crippen molar-refractivity contribution in [3.63, 3.8) is 0 Å². The first-order valence-corrected chi connectivity index (χ1v) is 9.78. The summed E-state index contributed by atoms with van der Waals surface area (Å²) < 4.78 is 40.8. The monoisotopic (exact) mass is 405 g/mol. The quantitative estimate of drug-likeness (QED) is 0.831.